The SMILES string of the molecule is O=C(O)c1ccc(C(=O)[O-])nc1.O=C(O)c1ccc(C(=O)[O-])nc1.[Co+2].[OH3+].[OH3+]. The summed E-state index contributed by atoms with van der Waals surface area (Å²) < 4.78 is 0. The van der Waals surface area contributed by atoms with Crippen LogP contribution in [0.25, 0.3) is 0 Å². The Morgan fingerprint density at radius 3 is 1.15 bits per heavy atom. The maximum absolute atomic E-state index is 10.3. The molecule has 13 heteroatoms. The van der Waals surface area contributed by atoms with Gasteiger partial charge in [-0.15, -0.1) is 0 Å². The summed E-state index contributed by atoms with van der Waals surface area (Å²) in [5, 5.41) is 37.1. The van der Waals surface area contributed by atoms with Gasteiger partial charge in [-0.25, -0.2) is 9.59 Å². The van der Waals surface area contributed by atoms with Crippen molar-refractivity contribution in [2.45, 2.75) is 0 Å². The Balaban J connectivity index is -0.000000384. The molecule has 2 heterocycles. The van der Waals surface area contributed by atoms with Crippen molar-refractivity contribution in [3.63, 3.8) is 0 Å². The molecule has 2 aromatic rings. The Bertz CT molecular complexity index is 644. The van der Waals surface area contributed by atoms with E-state index in [9.17, 15) is 29.4 Å². The molecule has 0 spiro atoms. The van der Waals surface area contributed by atoms with E-state index in [2.05, 4.69) is 9.97 Å². The topological polar surface area (TPSA) is 247 Å². The van der Waals surface area contributed by atoms with Crippen molar-refractivity contribution in [2.24, 2.45) is 0 Å². The minimum Gasteiger partial charge on any atom is -0.543 e. The van der Waals surface area contributed by atoms with Gasteiger partial charge in [0.2, 0.25) is 0 Å². The summed E-state index contributed by atoms with van der Waals surface area (Å²) in [6.07, 6.45) is 1.93. The summed E-state index contributed by atoms with van der Waals surface area (Å²) >= 11 is 0. The standard InChI is InChI=1S/2C7H5NO4.Co.2H2O/c2*9-6(10)4-1-2-5(7(11)12)8-3-4;;;/h2*1-3H,(H,9,10)(H,11,12);;2*1H2/q;;+2;;. The smallest absolute Gasteiger partial charge is 0.543 e. The summed E-state index contributed by atoms with van der Waals surface area (Å²) in [5.74, 6) is -5.14. The number of carbonyl (C=O) groups is 4. The zero-order valence-corrected chi connectivity index (χ0v) is 14.2. The van der Waals surface area contributed by atoms with Crippen molar-refractivity contribution in [3.8, 4) is 0 Å². The molecule has 0 saturated carbocycles. The molecule has 0 aliphatic carbocycles. The van der Waals surface area contributed by atoms with Gasteiger partial charge in [-0.3, -0.25) is 9.97 Å². The van der Waals surface area contributed by atoms with Crippen LogP contribution in [0.15, 0.2) is 36.7 Å². The number of hydrogen-bond acceptors (Lipinski definition) is 8. The molecule has 0 unspecified atom stereocenters. The fourth-order valence-electron chi connectivity index (χ4n) is 1.28. The number of nitrogens with zero attached hydrogens (tertiary/aromatic N) is 2. The van der Waals surface area contributed by atoms with Crippen molar-refractivity contribution in [3.05, 3.63) is 59.2 Å². The molecule has 0 bridgehead atoms. The first-order valence-electron chi connectivity index (χ1n) is 6.03. The van der Waals surface area contributed by atoms with Gasteiger partial charge < -0.3 is 41.0 Å². The number of carboxylic acid groups (broad SMARTS) is 4. The Hall–Kier alpha value is -3.39. The summed E-state index contributed by atoms with van der Waals surface area (Å²) in [7, 11) is 0. The number of pyridine rings is 2. The molecular weight excluding hydrogens is 415 g/mol. The second kappa shape index (κ2) is 12.9. The summed E-state index contributed by atoms with van der Waals surface area (Å²) in [5.41, 5.74) is -0.667. The zero-order chi connectivity index (χ0) is 18.3. The fraction of sp³-hybridized carbons (Fsp3) is 0. The summed E-state index contributed by atoms with van der Waals surface area (Å²) in [4.78, 5) is 47.6. The van der Waals surface area contributed by atoms with Crippen LogP contribution < -0.4 is 10.2 Å². The largest absolute Gasteiger partial charge is 2.00 e. The average Bonchev–Trinajstić information content (AvgIpc) is 2.55. The van der Waals surface area contributed by atoms with E-state index in [1.54, 1.807) is 0 Å². The van der Waals surface area contributed by atoms with Gasteiger partial charge in [0, 0.05) is 12.4 Å². The first kappa shape index (κ1) is 28.4. The van der Waals surface area contributed by atoms with E-state index in [1.165, 1.54) is 0 Å². The number of aromatic nitrogens is 2. The Morgan fingerprint density at radius 1 is 0.704 bits per heavy atom. The third-order valence-corrected chi connectivity index (χ3v) is 2.44. The summed E-state index contributed by atoms with van der Waals surface area (Å²) in [6.45, 7) is 0. The van der Waals surface area contributed by atoms with Crippen LogP contribution in [0.1, 0.15) is 41.7 Å². The van der Waals surface area contributed by atoms with Crippen molar-refractivity contribution in [2.75, 3.05) is 0 Å². The monoisotopic (exact) mass is 429 g/mol. The van der Waals surface area contributed by atoms with E-state index in [0.29, 0.717) is 0 Å². The maximum Gasteiger partial charge on any atom is 2.00 e. The molecule has 0 atom stereocenters. The molecule has 0 saturated heterocycles. The molecule has 8 N–H and O–H groups in total. The Kier molecular flexibility index (Phi) is 13.6. The number of hydrogen-bond donors (Lipinski definition) is 2. The van der Waals surface area contributed by atoms with Crippen LogP contribution in [0.5, 0.6) is 0 Å². The first-order chi connectivity index (χ1) is 11.2. The Labute approximate surface area is 160 Å². The van der Waals surface area contributed by atoms with Crippen molar-refractivity contribution in [1.29, 1.82) is 0 Å². The van der Waals surface area contributed by atoms with Crippen molar-refractivity contribution in [1.82, 2.24) is 9.97 Å². The molecule has 27 heavy (non-hydrogen) atoms. The van der Waals surface area contributed by atoms with Gasteiger partial charge in [-0.1, -0.05) is 0 Å². The molecule has 0 aromatic carbocycles. The van der Waals surface area contributed by atoms with E-state index < -0.39 is 23.9 Å². The van der Waals surface area contributed by atoms with Gasteiger partial charge in [0.05, 0.1) is 34.5 Å². The third-order valence-electron chi connectivity index (χ3n) is 2.44. The maximum atomic E-state index is 10.3. The minimum absolute atomic E-state index is 0. The third kappa shape index (κ3) is 9.03. The van der Waals surface area contributed by atoms with Crippen LogP contribution in [0.3, 0.4) is 0 Å². The number of rotatable bonds is 4. The Morgan fingerprint density at radius 2 is 1.00 bits per heavy atom. The van der Waals surface area contributed by atoms with Crippen LogP contribution in [0.4, 0.5) is 0 Å². The second-order valence-corrected chi connectivity index (χ2v) is 4.05. The van der Waals surface area contributed by atoms with Gasteiger partial charge in [-0.05, 0) is 24.3 Å². The molecule has 2 aromatic heterocycles. The zero-order valence-electron chi connectivity index (χ0n) is 13.2. The molecule has 147 valence electrons. The number of carbonyl (C=O) groups excluding carboxylic acids is 2. The molecule has 1 radical (unpaired) electrons. The molecular formula is C14H14CoN2O10+2. The van der Waals surface area contributed by atoms with Crippen LogP contribution in [0.2, 0.25) is 0 Å². The van der Waals surface area contributed by atoms with Crippen LogP contribution >= 0.6 is 0 Å². The van der Waals surface area contributed by atoms with Gasteiger partial charge in [0.1, 0.15) is 0 Å². The van der Waals surface area contributed by atoms with E-state index >= 15 is 0 Å². The van der Waals surface area contributed by atoms with Gasteiger partial charge in [0.15, 0.2) is 0 Å². The van der Waals surface area contributed by atoms with E-state index in [4.69, 9.17) is 10.2 Å². The molecule has 2 rings (SSSR count). The van der Waals surface area contributed by atoms with Crippen LogP contribution in [-0.4, -0.2) is 44.1 Å². The molecule has 0 aliphatic rings. The average molecular weight is 429 g/mol. The molecule has 12 nitrogen and oxygen atoms in total. The summed E-state index contributed by atoms with van der Waals surface area (Å²) in [6, 6.07) is 4.47. The first-order valence-corrected chi connectivity index (χ1v) is 6.03. The molecule has 0 aliphatic heterocycles. The van der Waals surface area contributed by atoms with E-state index in [-0.39, 0.29) is 50.2 Å². The van der Waals surface area contributed by atoms with E-state index in [0.717, 1.165) is 36.7 Å². The van der Waals surface area contributed by atoms with Gasteiger partial charge >= 0.3 is 28.7 Å². The van der Waals surface area contributed by atoms with Gasteiger partial charge in [-0.2, -0.15) is 0 Å². The van der Waals surface area contributed by atoms with Crippen molar-refractivity contribution < 1.29 is 67.3 Å². The van der Waals surface area contributed by atoms with Gasteiger partial charge in [0.25, 0.3) is 0 Å². The predicted molar refractivity (Wildman–Crippen MR) is 80.8 cm³/mol. The fourth-order valence-corrected chi connectivity index (χ4v) is 1.28. The quantitative estimate of drug-likeness (QED) is 0.452. The van der Waals surface area contributed by atoms with Crippen LogP contribution in [-0.2, 0) is 27.7 Å². The molecule has 0 amide bonds. The second-order valence-electron chi connectivity index (χ2n) is 4.05. The number of aromatic carboxylic acids is 4. The minimum atomic E-state index is -1.42. The van der Waals surface area contributed by atoms with Crippen molar-refractivity contribution >= 4 is 23.9 Å². The van der Waals surface area contributed by atoms with Crippen LogP contribution in [0, 0.1) is 0 Å². The normalized spacial score (nSPS) is 8.30. The predicted octanol–water partition coefficient (Wildman–Crippen LogP) is -3.56. The molecule has 0 fully saturated rings. The van der Waals surface area contributed by atoms with E-state index in [1.807, 2.05) is 0 Å². The number of carboxylic acids is 4.